The summed E-state index contributed by atoms with van der Waals surface area (Å²) in [4.78, 5) is 30.4. The van der Waals surface area contributed by atoms with E-state index in [2.05, 4.69) is 40.3 Å². The van der Waals surface area contributed by atoms with Gasteiger partial charge in [-0.25, -0.2) is 0 Å². The van der Waals surface area contributed by atoms with Crippen molar-refractivity contribution >= 4 is 40.5 Å². The fourth-order valence-electron chi connectivity index (χ4n) is 3.90. The molecule has 1 saturated heterocycles. The Bertz CT molecular complexity index is 1030. The summed E-state index contributed by atoms with van der Waals surface area (Å²) in [6.07, 6.45) is 0. The van der Waals surface area contributed by atoms with Crippen molar-refractivity contribution in [1.82, 2.24) is 5.32 Å². The molecule has 3 rings (SSSR count). The first kappa shape index (κ1) is 26.7. The fraction of sp³-hybridized carbons (Fsp3) is 0.481. The molecule has 190 valence electrons. The Morgan fingerprint density at radius 1 is 1.03 bits per heavy atom. The average molecular weight is 501 g/mol. The molecule has 1 aliphatic rings. The number of rotatable bonds is 9. The van der Waals surface area contributed by atoms with Gasteiger partial charge in [0.15, 0.2) is 0 Å². The van der Waals surface area contributed by atoms with E-state index in [0.717, 1.165) is 43.3 Å². The molecule has 1 heterocycles. The highest BCUT2D eigenvalue weighted by molar-refractivity contribution is 6.20. The first-order chi connectivity index (χ1) is 16.7. The summed E-state index contributed by atoms with van der Waals surface area (Å²) in [5, 5.41) is 5.94. The van der Waals surface area contributed by atoms with Gasteiger partial charge >= 0.3 is 0 Å². The number of nitrogens with one attached hydrogen (secondary N) is 2. The summed E-state index contributed by atoms with van der Waals surface area (Å²) in [6.45, 7) is 11.4. The lowest BCUT2D eigenvalue weighted by Crippen LogP contribution is -2.47. The molecule has 0 radical (unpaired) electrons. The maximum absolute atomic E-state index is 13.2. The second-order valence-corrected chi connectivity index (χ2v) is 10.2. The van der Waals surface area contributed by atoms with Crippen LogP contribution in [-0.2, 0) is 4.79 Å². The van der Waals surface area contributed by atoms with Gasteiger partial charge in [-0.05, 0) is 50.1 Å². The number of hydrogen-bond donors (Lipinski definition) is 2. The molecule has 2 N–H and O–H groups in total. The fourth-order valence-corrected chi connectivity index (χ4v) is 4.03. The predicted octanol–water partition coefficient (Wildman–Crippen LogP) is 4.61. The number of benzene rings is 2. The molecule has 2 aromatic carbocycles. The van der Waals surface area contributed by atoms with Gasteiger partial charge in [0.1, 0.15) is 5.75 Å². The van der Waals surface area contributed by atoms with Crippen LogP contribution < -0.4 is 25.2 Å². The van der Waals surface area contributed by atoms with Crippen LogP contribution in [0.15, 0.2) is 42.5 Å². The smallest absolute Gasteiger partial charge is 0.253 e. The van der Waals surface area contributed by atoms with Crippen LogP contribution in [0.2, 0.25) is 0 Å². The van der Waals surface area contributed by atoms with Crippen molar-refractivity contribution in [1.29, 1.82) is 0 Å². The van der Waals surface area contributed by atoms with Crippen LogP contribution in [0, 0.1) is 11.3 Å². The molecule has 0 bridgehead atoms. The minimum atomic E-state index is -0.713. The molecule has 7 nitrogen and oxygen atoms in total. The number of piperazine rings is 1. The Hall–Kier alpha value is -2.93. The molecular formula is C27H37ClN4O3. The Labute approximate surface area is 213 Å². The first-order valence-electron chi connectivity index (χ1n) is 12.1. The second-order valence-electron chi connectivity index (χ2n) is 9.95. The Kier molecular flexibility index (Phi) is 8.89. The number of ether oxygens (including phenoxy) is 1. The molecule has 8 heteroatoms. The van der Waals surface area contributed by atoms with Crippen LogP contribution in [0.4, 0.5) is 17.1 Å². The zero-order valence-electron chi connectivity index (χ0n) is 21.4. The van der Waals surface area contributed by atoms with E-state index in [1.54, 1.807) is 27.0 Å². The van der Waals surface area contributed by atoms with Gasteiger partial charge in [-0.1, -0.05) is 26.0 Å². The third-order valence-electron chi connectivity index (χ3n) is 6.16. The van der Waals surface area contributed by atoms with Gasteiger partial charge < -0.3 is 25.2 Å². The summed E-state index contributed by atoms with van der Waals surface area (Å²) in [7, 11) is 1.69. The standard InChI is InChI=1S/C27H37ClN4O3/c1-19(2)17-29-25(33)21-16-20(30-26(34)27(3,4)18-28)10-11-22(21)31-12-14-32(15-13-31)23-8-6-7-9-24(23)35-5/h6-11,16,19H,12-15,17-18H2,1-5H3,(H,29,33)(H,30,34). The summed E-state index contributed by atoms with van der Waals surface area (Å²) in [5.41, 5.74) is 2.36. The number of para-hydroxylation sites is 2. The number of carbonyl (C=O) groups is 2. The van der Waals surface area contributed by atoms with E-state index in [4.69, 9.17) is 16.3 Å². The highest BCUT2D eigenvalue weighted by Crippen LogP contribution is 2.31. The zero-order valence-corrected chi connectivity index (χ0v) is 22.1. The van der Waals surface area contributed by atoms with Crippen molar-refractivity contribution in [3.8, 4) is 5.75 Å². The normalized spacial score (nSPS) is 14.1. The number of methoxy groups -OCH3 is 1. The highest BCUT2D eigenvalue weighted by atomic mass is 35.5. The molecular weight excluding hydrogens is 464 g/mol. The number of nitrogens with zero attached hydrogens (tertiary/aromatic N) is 2. The van der Waals surface area contributed by atoms with Crippen LogP contribution in [0.25, 0.3) is 0 Å². The number of amides is 2. The number of carbonyl (C=O) groups excluding carboxylic acids is 2. The third kappa shape index (κ3) is 6.60. The molecule has 35 heavy (non-hydrogen) atoms. The maximum atomic E-state index is 13.2. The zero-order chi connectivity index (χ0) is 25.6. The van der Waals surface area contributed by atoms with Gasteiger partial charge in [0.25, 0.3) is 5.91 Å². The van der Waals surface area contributed by atoms with E-state index < -0.39 is 5.41 Å². The molecule has 1 fully saturated rings. The van der Waals surface area contributed by atoms with Gasteiger partial charge in [0, 0.05) is 50.0 Å². The Morgan fingerprint density at radius 2 is 1.66 bits per heavy atom. The lowest BCUT2D eigenvalue weighted by molar-refractivity contribution is -0.122. The van der Waals surface area contributed by atoms with Crippen LogP contribution in [0.3, 0.4) is 0 Å². The maximum Gasteiger partial charge on any atom is 0.253 e. The minimum Gasteiger partial charge on any atom is -0.495 e. The van der Waals surface area contributed by atoms with E-state index in [9.17, 15) is 9.59 Å². The van der Waals surface area contributed by atoms with Crippen molar-refractivity contribution in [3.05, 3.63) is 48.0 Å². The van der Waals surface area contributed by atoms with Crippen LogP contribution in [0.5, 0.6) is 5.75 Å². The Balaban J connectivity index is 1.82. The average Bonchev–Trinajstić information content (AvgIpc) is 2.87. The van der Waals surface area contributed by atoms with E-state index >= 15 is 0 Å². The second kappa shape index (κ2) is 11.7. The van der Waals surface area contributed by atoms with Gasteiger partial charge in [-0.2, -0.15) is 0 Å². The van der Waals surface area contributed by atoms with E-state index in [1.165, 1.54) is 0 Å². The molecule has 2 amide bonds. The van der Waals surface area contributed by atoms with Crippen LogP contribution >= 0.6 is 11.6 Å². The van der Waals surface area contributed by atoms with Crippen molar-refractivity contribution in [2.75, 3.05) is 60.8 Å². The summed E-state index contributed by atoms with van der Waals surface area (Å²) in [5.74, 6) is 1.07. The molecule has 0 unspecified atom stereocenters. The van der Waals surface area contributed by atoms with Gasteiger partial charge in [-0.15, -0.1) is 11.6 Å². The topological polar surface area (TPSA) is 73.9 Å². The van der Waals surface area contributed by atoms with E-state index in [-0.39, 0.29) is 17.7 Å². The van der Waals surface area contributed by atoms with Crippen molar-refractivity contribution < 1.29 is 14.3 Å². The summed E-state index contributed by atoms with van der Waals surface area (Å²) >= 11 is 5.97. The Morgan fingerprint density at radius 3 is 2.26 bits per heavy atom. The molecule has 0 saturated carbocycles. The van der Waals surface area contributed by atoms with Crippen LogP contribution in [0.1, 0.15) is 38.1 Å². The number of hydrogen-bond acceptors (Lipinski definition) is 5. The van der Waals surface area contributed by atoms with E-state index in [1.807, 2.05) is 30.3 Å². The molecule has 0 spiro atoms. The SMILES string of the molecule is COc1ccccc1N1CCN(c2ccc(NC(=O)C(C)(C)CCl)cc2C(=O)NCC(C)C)CC1. The largest absolute Gasteiger partial charge is 0.495 e. The number of halogens is 1. The monoisotopic (exact) mass is 500 g/mol. The van der Waals surface area contributed by atoms with Gasteiger partial charge in [0.05, 0.1) is 23.8 Å². The lowest BCUT2D eigenvalue weighted by Gasteiger charge is -2.38. The van der Waals surface area contributed by atoms with Crippen molar-refractivity contribution in [2.45, 2.75) is 27.7 Å². The lowest BCUT2D eigenvalue weighted by atomic mass is 9.95. The molecule has 0 aliphatic carbocycles. The first-order valence-corrected chi connectivity index (χ1v) is 12.6. The minimum absolute atomic E-state index is 0.145. The van der Waals surface area contributed by atoms with Crippen LogP contribution in [-0.4, -0.2) is 57.5 Å². The van der Waals surface area contributed by atoms with Gasteiger partial charge in [-0.3, -0.25) is 9.59 Å². The van der Waals surface area contributed by atoms with Gasteiger partial charge in [0.2, 0.25) is 5.91 Å². The van der Waals surface area contributed by atoms with E-state index in [0.29, 0.717) is 23.7 Å². The molecule has 1 aliphatic heterocycles. The molecule has 0 aromatic heterocycles. The van der Waals surface area contributed by atoms with Crippen molar-refractivity contribution in [2.24, 2.45) is 11.3 Å². The quantitative estimate of drug-likeness (QED) is 0.492. The number of alkyl halides is 1. The highest BCUT2D eigenvalue weighted by Gasteiger charge is 2.28. The molecule has 2 aromatic rings. The van der Waals surface area contributed by atoms with Crippen molar-refractivity contribution in [3.63, 3.8) is 0 Å². The predicted molar refractivity (Wildman–Crippen MR) is 144 cm³/mol. The summed E-state index contributed by atoms with van der Waals surface area (Å²) in [6, 6.07) is 13.6. The summed E-state index contributed by atoms with van der Waals surface area (Å²) < 4.78 is 5.53. The number of anilines is 3. The third-order valence-corrected chi connectivity index (χ3v) is 6.83. The molecule has 0 atom stereocenters.